The lowest BCUT2D eigenvalue weighted by molar-refractivity contribution is 0.0126. The summed E-state index contributed by atoms with van der Waals surface area (Å²) >= 11 is 1.47. The molecule has 0 aliphatic carbocycles. The topological polar surface area (TPSA) is 134 Å². The van der Waals surface area contributed by atoms with E-state index in [2.05, 4.69) is 25.1 Å². The van der Waals surface area contributed by atoms with E-state index >= 15 is 0 Å². The Hall–Kier alpha value is -3.83. The Labute approximate surface area is 237 Å². The number of benzene rings is 2. The van der Waals surface area contributed by atoms with Crippen molar-refractivity contribution in [1.82, 2.24) is 9.97 Å². The van der Waals surface area contributed by atoms with E-state index in [-0.39, 0.29) is 12.0 Å². The second kappa shape index (κ2) is 12.1. The van der Waals surface area contributed by atoms with Gasteiger partial charge >= 0.3 is 6.09 Å². The number of primary amides is 1. The predicted octanol–water partition coefficient (Wildman–Crippen LogP) is 4.30. The molecule has 2 fully saturated rings. The molecule has 5 rings (SSSR count). The standard InChI is InChI=1S/C29H34N6O4S/c1-29(39-28(30)38)11-15-35(16-12-29)25-18-32-26(19-31-25)40-24-4-2-3-21(17-24)33-27(37)20-5-7-22(8-6-20)34-13-9-23(36)10-14-34/h2-8,17-19,23,36H,9-16H2,1H3,(H2,30,38)(H,33,37). The number of aliphatic hydroxyl groups is 1. The quantitative estimate of drug-likeness (QED) is 0.385. The molecule has 0 spiro atoms. The summed E-state index contributed by atoms with van der Waals surface area (Å²) in [5, 5.41) is 13.4. The monoisotopic (exact) mass is 562 g/mol. The summed E-state index contributed by atoms with van der Waals surface area (Å²) in [6, 6.07) is 15.2. The second-order valence-corrected chi connectivity index (χ2v) is 11.5. The maximum atomic E-state index is 12.9. The van der Waals surface area contributed by atoms with Crippen molar-refractivity contribution in [3.63, 3.8) is 0 Å². The van der Waals surface area contributed by atoms with E-state index in [1.165, 1.54) is 11.8 Å². The molecule has 0 atom stereocenters. The Morgan fingerprint density at radius 3 is 2.40 bits per heavy atom. The highest BCUT2D eigenvalue weighted by Crippen LogP contribution is 2.31. The lowest BCUT2D eigenvalue weighted by atomic mass is 9.93. The van der Waals surface area contributed by atoms with Gasteiger partial charge in [-0.1, -0.05) is 17.8 Å². The third-order valence-electron chi connectivity index (χ3n) is 7.38. The molecule has 3 heterocycles. The zero-order chi connectivity index (χ0) is 28.1. The first-order chi connectivity index (χ1) is 19.3. The summed E-state index contributed by atoms with van der Waals surface area (Å²) in [5.74, 6) is 0.598. The molecule has 0 saturated carbocycles. The third kappa shape index (κ3) is 7.02. The van der Waals surface area contributed by atoms with E-state index < -0.39 is 11.7 Å². The van der Waals surface area contributed by atoms with E-state index in [1.807, 2.05) is 55.5 Å². The van der Waals surface area contributed by atoms with Gasteiger partial charge in [0.1, 0.15) is 16.4 Å². The highest BCUT2D eigenvalue weighted by Gasteiger charge is 2.33. The number of aromatic nitrogens is 2. The number of rotatable bonds is 7. The van der Waals surface area contributed by atoms with Gasteiger partial charge in [0.15, 0.2) is 0 Å². The van der Waals surface area contributed by atoms with Crippen LogP contribution in [-0.2, 0) is 4.74 Å². The van der Waals surface area contributed by atoms with Gasteiger partial charge in [0, 0.05) is 60.9 Å². The second-order valence-electron chi connectivity index (χ2n) is 10.4. The minimum absolute atomic E-state index is 0.175. The lowest BCUT2D eigenvalue weighted by Crippen LogP contribution is -2.46. The zero-order valence-corrected chi connectivity index (χ0v) is 23.3. The average Bonchev–Trinajstić information content (AvgIpc) is 2.94. The molecule has 3 aromatic rings. The van der Waals surface area contributed by atoms with Gasteiger partial charge in [-0.2, -0.15) is 0 Å². The van der Waals surface area contributed by atoms with Crippen molar-refractivity contribution < 1.29 is 19.4 Å². The van der Waals surface area contributed by atoms with Crippen LogP contribution in [0.25, 0.3) is 0 Å². The number of aliphatic hydroxyl groups excluding tert-OH is 1. The molecule has 40 heavy (non-hydrogen) atoms. The molecule has 2 amide bonds. The first kappa shape index (κ1) is 27.7. The van der Waals surface area contributed by atoms with E-state index in [1.54, 1.807) is 12.4 Å². The molecule has 10 nitrogen and oxygen atoms in total. The fourth-order valence-corrected chi connectivity index (χ4v) is 5.77. The van der Waals surface area contributed by atoms with Crippen LogP contribution in [0.1, 0.15) is 43.0 Å². The fraction of sp³-hybridized carbons (Fsp3) is 0.379. The van der Waals surface area contributed by atoms with Crippen LogP contribution in [-0.4, -0.2) is 65.0 Å². The molecule has 2 aromatic carbocycles. The Bertz CT molecular complexity index is 1320. The van der Waals surface area contributed by atoms with Crippen molar-refractivity contribution in [3.8, 4) is 0 Å². The van der Waals surface area contributed by atoms with Crippen molar-refractivity contribution >= 4 is 41.0 Å². The van der Waals surface area contributed by atoms with Gasteiger partial charge in [0.25, 0.3) is 5.91 Å². The van der Waals surface area contributed by atoms with Gasteiger partial charge < -0.3 is 30.7 Å². The highest BCUT2D eigenvalue weighted by molar-refractivity contribution is 7.99. The van der Waals surface area contributed by atoms with E-state index in [4.69, 9.17) is 10.5 Å². The minimum atomic E-state index is -0.745. The van der Waals surface area contributed by atoms with Crippen molar-refractivity contribution in [1.29, 1.82) is 0 Å². The molecule has 2 aliphatic heterocycles. The van der Waals surface area contributed by atoms with Crippen LogP contribution in [0.15, 0.2) is 70.8 Å². The first-order valence-electron chi connectivity index (χ1n) is 13.4. The van der Waals surface area contributed by atoms with Gasteiger partial charge in [0.2, 0.25) is 0 Å². The Kier molecular flexibility index (Phi) is 8.41. The smallest absolute Gasteiger partial charge is 0.405 e. The molecule has 0 bridgehead atoms. The summed E-state index contributed by atoms with van der Waals surface area (Å²) in [4.78, 5) is 38.5. The van der Waals surface area contributed by atoms with E-state index in [9.17, 15) is 14.7 Å². The number of nitrogens with one attached hydrogen (secondary N) is 1. The summed E-state index contributed by atoms with van der Waals surface area (Å²) in [6.45, 7) is 4.91. The average molecular weight is 563 g/mol. The zero-order valence-electron chi connectivity index (χ0n) is 22.5. The number of anilines is 3. The number of hydrogen-bond acceptors (Lipinski definition) is 9. The summed E-state index contributed by atoms with van der Waals surface area (Å²) in [7, 11) is 0. The number of nitrogens with two attached hydrogens (primary N) is 1. The molecular weight excluding hydrogens is 528 g/mol. The fourth-order valence-electron chi connectivity index (χ4n) is 4.99. The molecule has 2 aliphatic rings. The number of nitrogens with zero attached hydrogens (tertiary/aromatic N) is 4. The van der Waals surface area contributed by atoms with Gasteiger partial charge in [-0.3, -0.25) is 4.79 Å². The molecule has 2 saturated heterocycles. The van der Waals surface area contributed by atoms with Crippen molar-refractivity contribution in [2.45, 2.75) is 54.2 Å². The normalized spacial score (nSPS) is 17.4. The molecule has 0 unspecified atom stereocenters. The number of amides is 2. The SMILES string of the molecule is CC1(OC(N)=O)CCN(c2cnc(Sc3cccc(NC(=O)c4ccc(N5CCC(O)CC5)cc4)c3)cn2)CC1. The lowest BCUT2D eigenvalue weighted by Gasteiger charge is -2.38. The number of ether oxygens (including phenoxy) is 1. The summed E-state index contributed by atoms with van der Waals surface area (Å²) < 4.78 is 5.28. The number of carbonyl (C=O) groups excluding carboxylic acids is 2. The summed E-state index contributed by atoms with van der Waals surface area (Å²) in [5.41, 5.74) is 6.99. The van der Waals surface area contributed by atoms with Crippen LogP contribution in [0.4, 0.5) is 22.0 Å². The van der Waals surface area contributed by atoms with Crippen LogP contribution in [0.5, 0.6) is 0 Å². The number of piperidine rings is 2. The maximum Gasteiger partial charge on any atom is 0.405 e. The van der Waals surface area contributed by atoms with Gasteiger partial charge in [-0.15, -0.1) is 0 Å². The maximum absolute atomic E-state index is 12.9. The van der Waals surface area contributed by atoms with E-state index in [0.29, 0.717) is 37.2 Å². The number of hydrogen-bond donors (Lipinski definition) is 3. The molecule has 11 heteroatoms. The first-order valence-corrected chi connectivity index (χ1v) is 14.3. The predicted molar refractivity (Wildman–Crippen MR) is 155 cm³/mol. The molecular formula is C29H34N6O4S. The molecule has 210 valence electrons. The van der Waals surface area contributed by atoms with Crippen LogP contribution < -0.4 is 20.9 Å². The molecule has 4 N–H and O–H groups in total. The number of carbonyl (C=O) groups is 2. The Balaban J connectivity index is 1.15. The van der Waals surface area contributed by atoms with Crippen LogP contribution >= 0.6 is 11.8 Å². The van der Waals surface area contributed by atoms with Crippen LogP contribution in [0, 0.1) is 0 Å². The van der Waals surface area contributed by atoms with Crippen LogP contribution in [0.2, 0.25) is 0 Å². The largest absolute Gasteiger partial charge is 0.443 e. The van der Waals surface area contributed by atoms with Crippen LogP contribution in [0.3, 0.4) is 0 Å². The Morgan fingerprint density at radius 2 is 1.75 bits per heavy atom. The van der Waals surface area contributed by atoms with Crippen molar-refractivity contribution in [2.75, 3.05) is 41.3 Å². The summed E-state index contributed by atoms with van der Waals surface area (Å²) in [6.07, 6.45) is 5.39. The van der Waals surface area contributed by atoms with Crippen molar-refractivity contribution in [2.24, 2.45) is 5.73 Å². The minimum Gasteiger partial charge on any atom is -0.443 e. The van der Waals surface area contributed by atoms with E-state index in [0.717, 1.165) is 47.4 Å². The highest BCUT2D eigenvalue weighted by atomic mass is 32.2. The van der Waals surface area contributed by atoms with Gasteiger partial charge in [0.05, 0.1) is 18.5 Å². The van der Waals surface area contributed by atoms with Gasteiger partial charge in [-0.25, -0.2) is 14.8 Å². The third-order valence-corrected chi connectivity index (χ3v) is 8.29. The Morgan fingerprint density at radius 1 is 1.02 bits per heavy atom. The molecule has 1 aromatic heterocycles. The van der Waals surface area contributed by atoms with Crippen molar-refractivity contribution in [3.05, 3.63) is 66.5 Å². The molecule has 0 radical (unpaired) electrons. The van der Waals surface area contributed by atoms with Gasteiger partial charge in [-0.05, 0) is 62.2 Å².